The lowest BCUT2D eigenvalue weighted by Gasteiger charge is -2.48. The van der Waals surface area contributed by atoms with Crippen LogP contribution in [-0.2, 0) is 0 Å². The second-order valence-corrected chi connectivity index (χ2v) is 7.82. The van der Waals surface area contributed by atoms with Gasteiger partial charge in [0, 0.05) is 42.5 Å². The Hall–Kier alpha value is -2.57. The maximum Gasteiger partial charge on any atom is 0.138 e. The van der Waals surface area contributed by atoms with Gasteiger partial charge in [0.15, 0.2) is 0 Å². The molecule has 10 heteroatoms. The molecule has 3 aromatic heterocycles. The molecule has 3 atom stereocenters. The van der Waals surface area contributed by atoms with Crippen LogP contribution in [0.2, 0.25) is 0 Å². The zero-order valence-electron chi connectivity index (χ0n) is 16.9. The Morgan fingerprint density at radius 2 is 2.03 bits per heavy atom. The molecule has 3 fully saturated rings. The molecule has 6 rings (SSSR count). The lowest BCUT2D eigenvalue weighted by molar-refractivity contribution is 0.122. The Balaban J connectivity index is 0.00000136. The Kier molecular flexibility index (Phi) is 6.92. The SMILES string of the molecule is CC(O)COc1cc(-c2ccc(N3CC4CC(C3)N4)nc2)c2c(C#N)cnn2c1.Cl.Cl. The highest BCUT2D eigenvalue weighted by molar-refractivity contribution is 5.86. The summed E-state index contributed by atoms with van der Waals surface area (Å²) >= 11 is 0. The summed E-state index contributed by atoms with van der Waals surface area (Å²) in [6.07, 6.45) is 5.78. The number of aromatic nitrogens is 3. The van der Waals surface area contributed by atoms with Gasteiger partial charge in [-0.15, -0.1) is 24.8 Å². The van der Waals surface area contributed by atoms with Crippen molar-refractivity contribution in [3.63, 3.8) is 0 Å². The maximum absolute atomic E-state index is 9.52. The van der Waals surface area contributed by atoms with E-state index in [1.807, 2.05) is 24.4 Å². The monoisotopic (exact) mass is 462 g/mol. The fraction of sp³-hybridized carbons (Fsp3) is 0.381. The van der Waals surface area contributed by atoms with Crippen molar-refractivity contribution < 1.29 is 9.84 Å². The lowest BCUT2D eigenvalue weighted by atomic mass is 9.91. The van der Waals surface area contributed by atoms with Crippen molar-refractivity contribution in [2.75, 3.05) is 24.6 Å². The summed E-state index contributed by atoms with van der Waals surface area (Å²) in [5, 5.41) is 26.8. The molecule has 6 heterocycles. The fourth-order valence-electron chi connectivity index (χ4n) is 4.13. The average molecular weight is 463 g/mol. The molecule has 2 bridgehead atoms. The van der Waals surface area contributed by atoms with E-state index in [4.69, 9.17) is 4.74 Å². The van der Waals surface area contributed by atoms with E-state index in [2.05, 4.69) is 26.4 Å². The number of hydrogen-bond donors (Lipinski definition) is 2. The van der Waals surface area contributed by atoms with Crippen molar-refractivity contribution in [1.82, 2.24) is 19.9 Å². The summed E-state index contributed by atoms with van der Waals surface area (Å²) in [5.41, 5.74) is 2.92. The molecule has 8 nitrogen and oxygen atoms in total. The summed E-state index contributed by atoms with van der Waals surface area (Å²) < 4.78 is 7.33. The number of pyridine rings is 2. The van der Waals surface area contributed by atoms with E-state index in [9.17, 15) is 10.4 Å². The minimum atomic E-state index is -0.576. The van der Waals surface area contributed by atoms with E-state index in [-0.39, 0.29) is 31.4 Å². The summed E-state index contributed by atoms with van der Waals surface area (Å²) in [6.45, 7) is 3.82. The summed E-state index contributed by atoms with van der Waals surface area (Å²) in [5.74, 6) is 1.55. The van der Waals surface area contributed by atoms with Gasteiger partial charge in [0.2, 0.25) is 0 Å². The molecule has 0 aliphatic carbocycles. The first-order valence-corrected chi connectivity index (χ1v) is 9.80. The third-order valence-corrected chi connectivity index (χ3v) is 5.50. The number of rotatable bonds is 5. The first-order valence-electron chi connectivity index (χ1n) is 9.80. The number of nitriles is 1. The van der Waals surface area contributed by atoms with E-state index >= 15 is 0 Å². The van der Waals surface area contributed by atoms with Crippen LogP contribution < -0.4 is 15.0 Å². The number of nitrogens with one attached hydrogen (secondary N) is 1. The molecule has 0 aromatic carbocycles. The highest BCUT2D eigenvalue weighted by atomic mass is 35.5. The highest BCUT2D eigenvalue weighted by Gasteiger charge is 2.36. The number of piperazine rings is 1. The Morgan fingerprint density at radius 3 is 2.65 bits per heavy atom. The number of halogens is 2. The molecule has 3 aliphatic heterocycles. The van der Waals surface area contributed by atoms with Crippen molar-refractivity contribution in [1.29, 1.82) is 5.26 Å². The fourth-order valence-corrected chi connectivity index (χ4v) is 4.13. The third kappa shape index (κ3) is 4.41. The average Bonchev–Trinajstić information content (AvgIpc) is 3.14. The van der Waals surface area contributed by atoms with Gasteiger partial charge < -0.3 is 20.1 Å². The van der Waals surface area contributed by atoms with Crippen LogP contribution in [0.25, 0.3) is 16.6 Å². The van der Waals surface area contributed by atoms with Crippen molar-refractivity contribution in [2.45, 2.75) is 31.5 Å². The number of fused-ring (bicyclic) bond motifs is 3. The minimum Gasteiger partial charge on any atom is -0.489 e. The van der Waals surface area contributed by atoms with E-state index in [0.717, 1.165) is 35.6 Å². The molecule has 3 aliphatic rings. The van der Waals surface area contributed by atoms with Crippen molar-refractivity contribution in [2.24, 2.45) is 0 Å². The first-order chi connectivity index (χ1) is 14.1. The molecular weight excluding hydrogens is 439 g/mol. The highest BCUT2D eigenvalue weighted by Crippen LogP contribution is 2.32. The topological polar surface area (TPSA) is 98.7 Å². The predicted molar refractivity (Wildman–Crippen MR) is 122 cm³/mol. The number of ether oxygens (including phenoxy) is 1. The molecule has 0 saturated carbocycles. The zero-order valence-corrected chi connectivity index (χ0v) is 18.6. The van der Waals surface area contributed by atoms with Gasteiger partial charge in [-0.1, -0.05) is 0 Å². The Morgan fingerprint density at radius 1 is 1.29 bits per heavy atom. The van der Waals surface area contributed by atoms with Gasteiger partial charge in [0.25, 0.3) is 0 Å². The first kappa shape index (κ1) is 23.1. The summed E-state index contributed by atoms with van der Waals surface area (Å²) in [7, 11) is 0. The quantitative estimate of drug-likeness (QED) is 0.600. The number of piperidine rings is 1. The molecule has 3 aromatic rings. The zero-order chi connectivity index (χ0) is 20.0. The second kappa shape index (κ2) is 9.28. The second-order valence-electron chi connectivity index (χ2n) is 7.82. The van der Waals surface area contributed by atoms with Crippen LogP contribution in [0.15, 0.2) is 36.8 Å². The molecular formula is C21H24Cl2N6O2. The number of aliphatic hydroxyl groups is 1. The molecule has 0 amide bonds. The molecule has 3 unspecified atom stereocenters. The normalized spacial score (nSPS) is 20.1. The van der Waals surface area contributed by atoms with Crippen molar-refractivity contribution in [3.8, 4) is 22.9 Å². The molecule has 3 saturated heterocycles. The molecule has 31 heavy (non-hydrogen) atoms. The largest absolute Gasteiger partial charge is 0.489 e. The van der Waals surface area contributed by atoms with Gasteiger partial charge >= 0.3 is 0 Å². The van der Waals surface area contributed by atoms with Gasteiger partial charge in [0.05, 0.1) is 29.6 Å². The van der Waals surface area contributed by atoms with Crippen LogP contribution in [0.5, 0.6) is 5.75 Å². The van der Waals surface area contributed by atoms with Gasteiger partial charge in [-0.25, -0.2) is 9.50 Å². The van der Waals surface area contributed by atoms with E-state index in [1.54, 1.807) is 23.8 Å². The van der Waals surface area contributed by atoms with Crippen LogP contribution >= 0.6 is 24.8 Å². The van der Waals surface area contributed by atoms with E-state index in [0.29, 0.717) is 23.4 Å². The number of hydrogen-bond acceptors (Lipinski definition) is 7. The Bertz CT molecular complexity index is 1080. The Labute approximate surface area is 192 Å². The number of aliphatic hydroxyl groups excluding tert-OH is 1. The molecule has 2 N–H and O–H groups in total. The third-order valence-electron chi connectivity index (χ3n) is 5.50. The van der Waals surface area contributed by atoms with Crippen molar-refractivity contribution in [3.05, 3.63) is 42.4 Å². The predicted octanol–water partition coefficient (Wildman–Crippen LogP) is 2.42. The summed E-state index contributed by atoms with van der Waals surface area (Å²) in [4.78, 5) is 7.00. The van der Waals surface area contributed by atoms with E-state index < -0.39 is 6.10 Å². The lowest BCUT2D eigenvalue weighted by Crippen LogP contribution is -2.67. The molecule has 0 radical (unpaired) electrons. The van der Waals surface area contributed by atoms with Crippen molar-refractivity contribution >= 4 is 36.1 Å². The molecule has 164 valence electrons. The number of nitrogens with zero attached hydrogens (tertiary/aromatic N) is 5. The molecule has 0 spiro atoms. The van der Waals surface area contributed by atoms with Crippen LogP contribution in [0.1, 0.15) is 18.9 Å². The van der Waals surface area contributed by atoms with Crippen LogP contribution in [-0.4, -0.2) is 57.6 Å². The van der Waals surface area contributed by atoms with Crippen LogP contribution in [0.4, 0.5) is 5.82 Å². The number of anilines is 1. The van der Waals surface area contributed by atoms with Gasteiger partial charge in [-0.3, -0.25) is 0 Å². The van der Waals surface area contributed by atoms with E-state index in [1.165, 1.54) is 6.42 Å². The van der Waals surface area contributed by atoms with Gasteiger partial charge in [-0.05, 0) is 31.5 Å². The smallest absolute Gasteiger partial charge is 0.138 e. The van der Waals surface area contributed by atoms with Gasteiger partial charge in [0.1, 0.15) is 24.2 Å². The summed E-state index contributed by atoms with van der Waals surface area (Å²) in [6, 6.07) is 9.27. The standard InChI is InChI=1S/C21H22N6O2.2ClH/c1-13(28)12-29-18-5-19(21-15(6-22)8-24-27(21)11-18)14-2-3-20(23-7-14)26-9-16-4-17(10-26)25-16;;/h2-3,5,7-8,11,13,16-17,25,28H,4,9-10,12H2,1H3;2*1H. The van der Waals surface area contributed by atoms with Crippen LogP contribution in [0, 0.1) is 11.3 Å². The van der Waals surface area contributed by atoms with Gasteiger partial charge in [-0.2, -0.15) is 10.4 Å². The maximum atomic E-state index is 9.52. The van der Waals surface area contributed by atoms with Crippen LogP contribution in [0.3, 0.4) is 0 Å². The minimum absolute atomic E-state index is 0.